The van der Waals surface area contributed by atoms with Gasteiger partial charge in [-0.2, -0.15) is 0 Å². The minimum atomic E-state index is -0.540. The number of ketones is 1. The molecule has 0 bridgehead atoms. The van der Waals surface area contributed by atoms with Gasteiger partial charge in [-0.25, -0.2) is 9.78 Å². The van der Waals surface area contributed by atoms with Gasteiger partial charge < -0.3 is 9.47 Å². The normalized spacial score (nSPS) is 10.7. The highest BCUT2D eigenvalue weighted by atomic mass is 35.5. The van der Waals surface area contributed by atoms with E-state index in [4.69, 9.17) is 21.1 Å². The molecule has 0 radical (unpaired) electrons. The zero-order valence-corrected chi connectivity index (χ0v) is 17.0. The summed E-state index contributed by atoms with van der Waals surface area (Å²) in [5.74, 6) is -0.183. The van der Waals surface area contributed by atoms with E-state index in [1.54, 1.807) is 36.0 Å². The molecule has 2 aromatic carbocycles. The highest BCUT2D eigenvalue weighted by Crippen LogP contribution is 2.25. The average Bonchev–Trinajstić information content (AvgIpc) is 2.70. The van der Waals surface area contributed by atoms with Crippen LogP contribution in [0, 0.1) is 0 Å². The zero-order valence-electron chi connectivity index (χ0n) is 15.4. The van der Waals surface area contributed by atoms with Crippen LogP contribution in [-0.2, 0) is 16.1 Å². The first-order valence-corrected chi connectivity index (χ1v) is 10.1. The molecule has 0 spiro atoms. The van der Waals surface area contributed by atoms with Crippen LogP contribution in [0.25, 0.3) is 10.9 Å². The number of esters is 1. The molecule has 0 unspecified atom stereocenters. The number of carbonyl (C=O) groups is 2. The highest BCUT2D eigenvalue weighted by molar-refractivity contribution is 7.98. The molecule has 0 amide bonds. The summed E-state index contributed by atoms with van der Waals surface area (Å²) in [6.07, 6.45) is 2.00. The van der Waals surface area contributed by atoms with Crippen molar-refractivity contribution >= 4 is 46.0 Å². The van der Waals surface area contributed by atoms with Crippen LogP contribution in [0.15, 0.2) is 53.4 Å². The third-order valence-electron chi connectivity index (χ3n) is 4.04. The molecule has 5 nitrogen and oxygen atoms in total. The molecule has 3 rings (SSSR count). The number of hydrogen-bond acceptors (Lipinski definition) is 6. The second-order valence-corrected chi connectivity index (χ2v) is 7.27. The molecule has 0 aliphatic heterocycles. The molecule has 0 saturated heterocycles. The molecule has 0 aliphatic rings. The van der Waals surface area contributed by atoms with Crippen molar-refractivity contribution in [1.82, 2.24) is 4.98 Å². The van der Waals surface area contributed by atoms with Gasteiger partial charge in [0.05, 0.1) is 5.52 Å². The molecular formula is C21H18ClNO4S. The Morgan fingerprint density at radius 1 is 1.14 bits per heavy atom. The quantitative estimate of drug-likeness (QED) is 0.236. The number of hydrogen-bond donors (Lipinski definition) is 0. The minimum Gasteiger partial charge on any atom is -0.482 e. The van der Waals surface area contributed by atoms with Crippen LogP contribution in [-0.4, -0.2) is 29.6 Å². The molecule has 0 saturated carbocycles. The van der Waals surface area contributed by atoms with Crippen LogP contribution in [0.3, 0.4) is 0 Å². The molecule has 1 heterocycles. The van der Waals surface area contributed by atoms with E-state index in [0.717, 1.165) is 15.8 Å². The van der Waals surface area contributed by atoms with Crippen molar-refractivity contribution in [3.05, 3.63) is 64.8 Å². The van der Waals surface area contributed by atoms with Crippen LogP contribution >= 0.6 is 23.4 Å². The van der Waals surface area contributed by atoms with Crippen LogP contribution < -0.4 is 4.74 Å². The fourth-order valence-electron chi connectivity index (χ4n) is 2.54. The second-order valence-electron chi connectivity index (χ2n) is 6.03. The predicted molar refractivity (Wildman–Crippen MR) is 110 cm³/mol. The number of benzene rings is 2. The van der Waals surface area contributed by atoms with Crippen molar-refractivity contribution in [1.29, 1.82) is 0 Å². The number of aromatic nitrogens is 1. The number of carbonyl (C=O) groups excluding carboxylic acids is 2. The molecule has 1 aromatic heterocycles. The summed E-state index contributed by atoms with van der Waals surface area (Å²) in [5.41, 5.74) is 1.93. The largest absolute Gasteiger partial charge is 0.482 e. The number of halogens is 1. The van der Waals surface area contributed by atoms with E-state index < -0.39 is 5.97 Å². The summed E-state index contributed by atoms with van der Waals surface area (Å²) in [5, 5.41) is 1.22. The Morgan fingerprint density at radius 2 is 1.96 bits per heavy atom. The first-order chi connectivity index (χ1) is 13.5. The fourth-order valence-corrected chi connectivity index (χ4v) is 3.18. The van der Waals surface area contributed by atoms with Crippen LogP contribution in [0.5, 0.6) is 5.75 Å². The van der Waals surface area contributed by atoms with Gasteiger partial charge in [-0.3, -0.25) is 4.79 Å². The number of thioether (sulfide) groups is 1. The van der Waals surface area contributed by atoms with Gasteiger partial charge in [-0.1, -0.05) is 29.8 Å². The van der Waals surface area contributed by atoms with E-state index in [9.17, 15) is 9.59 Å². The van der Waals surface area contributed by atoms with Crippen molar-refractivity contribution < 1.29 is 19.1 Å². The van der Waals surface area contributed by atoms with Gasteiger partial charge in [0, 0.05) is 21.4 Å². The van der Waals surface area contributed by atoms with E-state index in [-0.39, 0.29) is 19.0 Å². The summed E-state index contributed by atoms with van der Waals surface area (Å²) in [6.45, 7) is 1.20. The smallest absolute Gasteiger partial charge is 0.344 e. The third kappa shape index (κ3) is 5.03. The number of ether oxygens (including phenoxy) is 2. The van der Waals surface area contributed by atoms with Gasteiger partial charge in [0.15, 0.2) is 12.4 Å². The number of rotatable bonds is 7. The lowest BCUT2D eigenvalue weighted by atomic mass is 10.1. The number of pyridine rings is 1. The van der Waals surface area contributed by atoms with Crippen molar-refractivity contribution in [2.75, 3.05) is 12.9 Å². The summed E-state index contributed by atoms with van der Waals surface area (Å²) >= 11 is 7.86. The zero-order chi connectivity index (χ0) is 20.1. The van der Waals surface area contributed by atoms with Gasteiger partial charge in [-0.05, 0) is 43.5 Å². The molecule has 0 N–H and O–H groups in total. The number of nitrogens with zero attached hydrogens (tertiary/aromatic N) is 1. The Morgan fingerprint density at radius 3 is 2.71 bits per heavy atom. The maximum atomic E-state index is 12.0. The summed E-state index contributed by atoms with van der Waals surface area (Å²) < 4.78 is 10.6. The molecule has 144 valence electrons. The molecule has 3 aromatic rings. The van der Waals surface area contributed by atoms with E-state index in [0.29, 0.717) is 22.0 Å². The summed E-state index contributed by atoms with van der Waals surface area (Å²) in [7, 11) is 0. The SMILES string of the molecule is CSc1ccc2cc(COC(=O)COc3cccc(C(C)=O)c3)c(Cl)nc2c1. The predicted octanol–water partition coefficient (Wildman–Crippen LogP) is 4.93. The second kappa shape index (κ2) is 9.08. The average molecular weight is 416 g/mol. The Kier molecular flexibility index (Phi) is 6.54. The molecule has 0 atom stereocenters. The van der Waals surface area contributed by atoms with Gasteiger partial charge in [-0.15, -0.1) is 11.8 Å². The van der Waals surface area contributed by atoms with E-state index in [2.05, 4.69) is 4.98 Å². The van der Waals surface area contributed by atoms with E-state index >= 15 is 0 Å². The minimum absolute atomic E-state index is 0.00172. The fraction of sp³-hybridized carbons (Fsp3) is 0.190. The summed E-state index contributed by atoms with van der Waals surface area (Å²) in [4.78, 5) is 28.9. The van der Waals surface area contributed by atoms with Gasteiger partial charge in [0.1, 0.15) is 17.5 Å². The van der Waals surface area contributed by atoms with Crippen LogP contribution in [0.2, 0.25) is 5.15 Å². The Hall–Kier alpha value is -2.57. The third-order valence-corrected chi connectivity index (χ3v) is 5.09. The van der Waals surface area contributed by atoms with Crippen molar-refractivity contribution in [2.24, 2.45) is 0 Å². The molecule has 28 heavy (non-hydrogen) atoms. The van der Waals surface area contributed by atoms with Crippen molar-refractivity contribution in [2.45, 2.75) is 18.4 Å². The monoisotopic (exact) mass is 415 g/mol. The lowest BCUT2D eigenvalue weighted by Crippen LogP contribution is -2.15. The summed E-state index contributed by atoms with van der Waals surface area (Å²) in [6, 6.07) is 14.4. The first-order valence-electron chi connectivity index (χ1n) is 8.49. The van der Waals surface area contributed by atoms with E-state index in [1.807, 2.05) is 30.5 Å². The van der Waals surface area contributed by atoms with Gasteiger partial charge in [0.2, 0.25) is 0 Å². The molecule has 0 fully saturated rings. The Bertz CT molecular complexity index is 1040. The Balaban J connectivity index is 1.60. The maximum absolute atomic E-state index is 12.0. The van der Waals surface area contributed by atoms with Crippen LogP contribution in [0.1, 0.15) is 22.8 Å². The maximum Gasteiger partial charge on any atom is 0.344 e. The van der Waals surface area contributed by atoms with E-state index in [1.165, 1.54) is 6.92 Å². The number of fused-ring (bicyclic) bond motifs is 1. The van der Waals surface area contributed by atoms with Crippen molar-refractivity contribution in [3.63, 3.8) is 0 Å². The first kappa shape index (κ1) is 20.2. The van der Waals surface area contributed by atoms with Gasteiger partial charge in [0.25, 0.3) is 0 Å². The standard InChI is InChI=1S/C21H18ClNO4S/c1-13(24)14-4-3-5-17(9-14)26-12-20(25)27-11-16-8-15-6-7-18(28-2)10-19(15)23-21(16)22/h3-10H,11-12H2,1-2H3. The number of Topliss-reactive ketones (excluding diaryl/α,β-unsaturated/α-hetero) is 1. The molecule has 0 aliphatic carbocycles. The highest BCUT2D eigenvalue weighted by Gasteiger charge is 2.10. The lowest BCUT2D eigenvalue weighted by Gasteiger charge is -2.10. The Labute approximate surface area is 172 Å². The lowest BCUT2D eigenvalue weighted by molar-refractivity contribution is -0.147. The topological polar surface area (TPSA) is 65.5 Å². The van der Waals surface area contributed by atoms with Crippen molar-refractivity contribution in [3.8, 4) is 5.75 Å². The molecular weight excluding hydrogens is 398 g/mol. The van der Waals surface area contributed by atoms with Crippen LogP contribution in [0.4, 0.5) is 0 Å². The van der Waals surface area contributed by atoms with Gasteiger partial charge >= 0.3 is 5.97 Å². The molecule has 7 heteroatoms.